The van der Waals surface area contributed by atoms with Crippen LogP contribution in [-0.4, -0.2) is 31.4 Å². The summed E-state index contributed by atoms with van der Waals surface area (Å²) in [5.74, 6) is -0.587. The molecule has 0 atom stereocenters. The van der Waals surface area contributed by atoms with Crippen LogP contribution in [0.5, 0.6) is 0 Å². The van der Waals surface area contributed by atoms with Crippen molar-refractivity contribution in [2.45, 2.75) is 32.2 Å². The van der Waals surface area contributed by atoms with Gasteiger partial charge in [-0.3, -0.25) is 4.79 Å². The lowest BCUT2D eigenvalue weighted by molar-refractivity contribution is -0.121. The zero-order chi connectivity index (χ0) is 24.9. The Bertz CT molecular complexity index is 1300. The Balaban J connectivity index is 1.87. The van der Waals surface area contributed by atoms with E-state index in [1.165, 1.54) is 6.21 Å². The van der Waals surface area contributed by atoms with E-state index in [4.69, 9.17) is 23.2 Å². The first-order valence-corrected chi connectivity index (χ1v) is 12.7. The van der Waals surface area contributed by atoms with Crippen LogP contribution in [0, 0.1) is 20.8 Å². The molecule has 1 amide bonds. The molecule has 0 spiro atoms. The first-order valence-electron chi connectivity index (χ1n) is 10.5. The molecule has 0 aliphatic carbocycles. The number of carbonyl (C=O) groups excluding carboxylic acids is 1. The molecule has 0 radical (unpaired) electrons. The monoisotopic (exact) mass is 517 g/mol. The van der Waals surface area contributed by atoms with Crippen molar-refractivity contribution in [2.75, 3.05) is 6.54 Å². The number of rotatable bonds is 8. The van der Waals surface area contributed by atoms with E-state index < -0.39 is 22.5 Å². The summed E-state index contributed by atoms with van der Waals surface area (Å²) in [4.78, 5) is 12.9. The molecule has 0 unspecified atom stereocenters. The minimum atomic E-state index is -3.98. The zero-order valence-electron chi connectivity index (χ0n) is 19.0. The van der Waals surface area contributed by atoms with E-state index >= 15 is 0 Å². The summed E-state index contributed by atoms with van der Waals surface area (Å²) in [7, 11) is -3.98. The number of aryl methyl sites for hydroxylation is 3. The van der Waals surface area contributed by atoms with Crippen molar-refractivity contribution in [3.8, 4) is 0 Å². The summed E-state index contributed by atoms with van der Waals surface area (Å²) >= 11 is 12.1. The molecule has 0 aliphatic heterocycles. The first kappa shape index (κ1) is 25.9. The van der Waals surface area contributed by atoms with E-state index in [2.05, 4.69) is 10.5 Å². The summed E-state index contributed by atoms with van der Waals surface area (Å²) in [6.07, 6.45) is 1.36. The number of sulfonamides is 1. The van der Waals surface area contributed by atoms with Gasteiger partial charge >= 0.3 is 0 Å². The van der Waals surface area contributed by atoms with Gasteiger partial charge in [-0.1, -0.05) is 83.4 Å². The molecule has 3 aromatic rings. The van der Waals surface area contributed by atoms with Crippen LogP contribution in [0.25, 0.3) is 0 Å². The highest BCUT2D eigenvalue weighted by Crippen LogP contribution is 2.27. The van der Waals surface area contributed by atoms with Gasteiger partial charge in [0.1, 0.15) is 0 Å². The maximum Gasteiger partial charge on any atom is 0.255 e. The molecule has 0 saturated carbocycles. The first-order chi connectivity index (χ1) is 16.1. The van der Waals surface area contributed by atoms with E-state index in [-0.39, 0.29) is 11.4 Å². The summed E-state index contributed by atoms with van der Waals surface area (Å²) in [5.41, 5.74) is 5.89. The number of hydrogen-bond donors (Lipinski definition) is 1. The lowest BCUT2D eigenvalue weighted by Crippen LogP contribution is -2.39. The average Bonchev–Trinajstić information content (AvgIpc) is 2.76. The number of hydrazone groups is 1. The summed E-state index contributed by atoms with van der Waals surface area (Å²) in [6, 6.07) is 17.8. The Labute approximate surface area is 210 Å². The molecule has 34 heavy (non-hydrogen) atoms. The lowest BCUT2D eigenvalue weighted by Gasteiger charge is -2.24. The van der Waals surface area contributed by atoms with Crippen molar-refractivity contribution in [2.24, 2.45) is 5.10 Å². The second-order valence-electron chi connectivity index (χ2n) is 7.92. The highest BCUT2D eigenvalue weighted by molar-refractivity contribution is 7.89. The summed E-state index contributed by atoms with van der Waals surface area (Å²) < 4.78 is 28.5. The van der Waals surface area contributed by atoms with Gasteiger partial charge in [0.05, 0.1) is 27.7 Å². The van der Waals surface area contributed by atoms with Gasteiger partial charge in [-0.2, -0.15) is 9.41 Å². The normalized spacial score (nSPS) is 11.8. The SMILES string of the molecule is Cc1cc(C)c(S(=O)(=O)N(CC(=O)N/N=C\c2cccc(Cl)c2Cl)Cc2ccccc2)c(C)c1. The van der Waals surface area contributed by atoms with Crippen molar-refractivity contribution in [1.29, 1.82) is 0 Å². The predicted octanol–water partition coefficient (Wildman–Crippen LogP) is 5.26. The predicted molar refractivity (Wildman–Crippen MR) is 137 cm³/mol. The molecule has 178 valence electrons. The molecule has 0 aliphatic rings. The molecule has 0 fully saturated rings. The summed E-state index contributed by atoms with van der Waals surface area (Å²) in [5, 5.41) is 4.58. The molecular formula is C25H25Cl2N3O3S. The fraction of sp³-hybridized carbons (Fsp3) is 0.200. The topological polar surface area (TPSA) is 78.8 Å². The fourth-order valence-corrected chi connectivity index (χ4v) is 5.86. The van der Waals surface area contributed by atoms with Gasteiger partial charge in [0.15, 0.2) is 0 Å². The Hall–Kier alpha value is -2.71. The number of halogens is 2. The van der Waals surface area contributed by atoms with Gasteiger partial charge in [0.25, 0.3) is 5.91 Å². The molecule has 6 nitrogen and oxygen atoms in total. The quantitative estimate of drug-likeness (QED) is 0.327. The number of nitrogens with zero attached hydrogens (tertiary/aromatic N) is 2. The Morgan fingerprint density at radius 2 is 1.65 bits per heavy atom. The Kier molecular flexibility index (Phi) is 8.49. The number of carbonyl (C=O) groups is 1. The third kappa shape index (κ3) is 6.24. The largest absolute Gasteiger partial charge is 0.272 e. The fourth-order valence-electron chi connectivity index (χ4n) is 3.71. The molecule has 0 saturated heterocycles. The maximum absolute atomic E-state index is 13.7. The summed E-state index contributed by atoms with van der Waals surface area (Å²) in [6.45, 7) is 5.05. The van der Waals surface area contributed by atoms with Crippen LogP contribution in [0.3, 0.4) is 0 Å². The van der Waals surface area contributed by atoms with Gasteiger partial charge in [0, 0.05) is 12.1 Å². The number of benzene rings is 3. The molecule has 1 N–H and O–H groups in total. The van der Waals surface area contributed by atoms with Gasteiger partial charge in [-0.25, -0.2) is 13.8 Å². The number of nitrogens with one attached hydrogen (secondary N) is 1. The van der Waals surface area contributed by atoms with Crippen molar-refractivity contribution >= 4 is 45.3 Å². The minimum absolute atomic E-state index is 0.0349. The average molecular weight is 518 g/mol. The standard InChI is InChI=1S/C25H25Cl2N3O3S/c1-17-12-18(2)25(19(3)13-17)34(32,33)30(15-20-8-5-4-6-9-20)16-23(31)29-28-14-21-10-7-11-22(26)24(21)27/h4-14H,15-16H2,1-3H3,(H,29,31)/b28-14-. The van der Waals surface area contributed by atoms with Crippen LogP contribution in [0.15, 0.2) is 70.7 Å². The third-order valence-corrected chi connectivity index (χ3v) is 8.03. The van der Waals surface area contributed by atoms with E-state index in [1.807, 2.05) is 49.4 Å². The van der Waals surface area contributed by atoms with Gasteiger partial charge < -0.3 is 0 Å². The molecule has 0 aromatic heterocycles. The zero-order valence-corrected chi connectivity index (χ0v) is 21.4. The second-order valence-corrected chi connectivity index (χ2v) is 10.6. The van der Waals surface area contributed by atoms with Crippen LogP contribution in [0.4, 0.5) is 0 Å². The molecule has 0 bridgehead atoms. The maximum atomic E-state index is 13.7. The van der Waals surface area contributed by atoms with Gasteiger partial charge in [-0.15, -0.1) is 0 Å². The van der Waals surface area contributed by atoms with E-state index in [0.717, 1.165) is 15.4 Å². The molecular weight excluding hydrogens is 493 g/mol. The van der Waals surface area contributed by atoms with Crippen LogP contribution in [0.2, 0.25) is 10.0 Å². The lowest BCUT2D eigenvalue weighted by atomic mass is 10.1. The van der Waals surface area contributed by atoms with Crippen molar-refractivity contribution in [3.05, 3.63) is 98.5 Å². The van der Waals surface area contributed by atoms with Crippen LogP contribution in [0.1, 0.15) is 27.8 Å². The molecule has 0 heterocycles. The highest BCUT2D eigenvalue weighted by Gasteiger charge is 2.30. The van der Waals surface area contributed by atoms with Crippen molar-refractivity contribution in [3.63, 3.8) is 0 Å². The highest BCUT2D eigenvalue weighted by atomic mass is 35.5. The Morgan fingerprint density at radius 3 is 2.29 bits per heavy atom. The third-order valence-electron chi connectivity index (χ3n) is 5.10. The molecule has 3 aromatic carbocycles. The number of hydrogen-bond acceptors (Lipinski definition) is 4. The van der Waals surface area contributed by atoms with Crippen LogP contribution < -0.4 is 5.43 Å². The van der Waals surface area contributed by atoms with E-state index in [1.54, 1.807) is 32.0 Å². The number of amides is 1. The second kappa shape index (κ2) is 11.1. The van der Waals surface area contributed by atoms with E-state index in [9.17, 15) is 13.2 Å². The molecule has 9 heteroatoms. The smallest absolute Gasteiger partial charge is 0.255 e. The van der Waals surface area contributed by atoms with Gasteiger partial charge in [0.2, 0.25) is 10.0 Å². The molecule has 3 rings (SSSR count). The van der Waals surface area contributed by atoms with E-state index in [0.29, 0.717) is 26.7 Å². The van der Waals surface area contributed by atoms with Crippen molar-refractivity contribution < 1.29 is 13.2 Å². The van der Waals surface area contributed by atoms with Crippen molar-refractivity contribution in [1.82, 2.24) is 9.73 Å². The van der Waals surface area contributed by atoms with Crippen LogP contribution >= 0.6 is 23.2 Å². The van der Waals surface area contributed by atoms with Crippen LogP contribution in [-0.2, 0) is 21.4 Å². The van der Waals surface area contributed by atoms with Gasteiger partial charge in [-0.05, 0) is 43.5 Å². The Morgan fingerprint density at radius 1 is 1.00 bits per heavy atom. The minimum Gasteiger partial charge on any atom is -0.272 e.